The van der Waals surface area contributed by atoms with E-state index < -0.39 is 24.1 Å². The number of aliphatic hydroxyl groups excluding tert-OH is 1. The maximum Gasteiger partial charge on any atom is 0.331 e. The summed E-state index contributed by atoms with van der Waals surface area (Å²) in [5, 5.41) is 22.2. The fourth-order valence-electron chi connectivity index (χ4n) is 9.60. The Balaban J connectivity index is 1.83. The Bertz CT molecular complexity index is 1040. The number of esters is 1. The summed E-state index contributed by atoms with van der Waals surface area (Å²) in [4.78, 5) is 37.4. The summed E-state index contributed by atoms with van der Waals surface area (Å²) in [7, 11) is 0. The molecule has 0 aromatic rings. The minimum atomic E-state index is -0.962. The second kappa shape index (κ2) is 9.66. The number of fused-ring (bicyclic) bond motifs is 5. The summed E-state index contributed by atoms with van der Waals surface area (Å²) < 4.78 is 5.86. The second-order valence-electron chi connectivity index (χ2n) is 13.4. The molecule has 4 aliphatic rings. The molecule has 6 heteroatoms. The lowest BCUT2D eigenvalue weighted by Crippen LogP contribution is -2.65. The highest BCUT2D eigenvalue weighted by Gasteiger charge is 2.70. The van der Waals surface area contributed by atoms with Gasteiger partial charge in [-0.1, -0.05) is 39.3 Å². The lowest BCUT2D eigenvalue weighted by Gasteiger charge is -2.68. The number of carbonyl (C=O) groups excluding carboxylic acids is 2. The number of rotatable bonds is 5. The number of ketones is 1. The van der Waals surface area contributed by atoms with Crippen molar-refractivity contribution in [2.75, 3.05) is 0 Å². The number of carboxylic acid groups (broad SMARTS) is 1. The van der Waals surface area contributed by atoms with E-state index in [4.69, 9.17) is 4.74 Å². The van der Waals surface area contributed by atoms with Crippen LogP contribution < -0.4 is 0 Å². The summed E-state index contributed by atoms with van der Waals surface area (Å²) in [6, 6.07) is 0. The second-order valence-corrected chi connectivity index (χ2v) is 13.4. The molecule has 206 valence electrons. The first-order valence-electron chi connectivity index (χ1n) is 14.1. The normalized spacial score (nSPS) is 44.3. The molecule has 0 saturated heterocycles. The number of aliphatic hydroxyl groups is 1. The molecule has 0 unspecified atom stereocenters. The fourth-order valence-corrected chi connectivity index (χ4v) is 9.60. The lowest BCUT2D eigenvalue weighted by molar-refractivity contribution is -0.223. The molecule has 0 aromatic heterocycles. The third kappa shape index (κ3) is 4.31. The van der Waals surface area contributed by atoms with Crippen LogP contribution in [0, 0.1) is 39.9 Å². The van der Waals surface area contributed by atoms with E-state index in [1.807, 2.05) is 19.9 Å². The van der Waals surface area contributed by atoms with Gasteiger partial charge in [0.05, 0.1) is 6.10 Å². The van der Waals surface area contributed by atoms with Crippen LogP contribution in [-0.2, 0) is 19.1 Å². The Hall–Kier alpha value is -1.95. The quantitative estimate of drug-likeness (QED) is 0.270. The van der Waals surface area contributed by atoms with Crippen LogP contribution in [0.15, 0.2) is 22.8 Å². The SMILES string of the molecule is CC(=O)O[C@H]1C[C@@]2(C)[C@@H](C[C@@H](O)[C@H]3[C@@]4(C)CCC(=O)[C@@H](C)[C@H]4CC[C@@]32C)/C1=C(\CCC=C(C)C)C(=O)O. The highest BCUT2D eigenvalue weighted by atomic mass is 16.5. The van der Waals surface area contributed by atoms with Gasteiger partial charge >= 0.3 is 11.9 Å². The van der Waals surface area contributed by atoms with Crippen LogP contribution in [0.5, 0.6) is 0 Å². The van der Waals surface area contributed by atoms with Crippen molar-refractivity contribution in [1.29, 1.82) is 0 Å². The van der Waals surface area contributed by atoms with E-state index in [2.05, 4.69) is 27.7 Å². The molecule has 4 fully saturated rings. The van der Waals surface area contributed by atoms with Crippen LogP contribution in [0.3, 0.4) is 0 Å². The molecule has 0 aromatic carbocycles. The summed E-state index contributed by atoms with van der Waals surface area (Å²) in [6.45, 7) is 14.3. The van der Waals surface area contributed by atoms with Gasteiger partial charge in [-0.25, -0.2) is 4.79 Å². The third-order valence-corrected chi connectivity index (χ3v) is 11.4. The largest absolute Gasteiger partial charge is 0.478 e. The van der Waals surface area contributed by atoms with Crippen molar-refractivity contribution in [2.45, 2.75) is 112 Å². The number of carboxylic acids is 1. The van der Waals surface area contributed by atoms with Crippen molar-refractivity contribution in [1.82, 2.24) is 0 Å². The molecular weight excluding hydrogens is 468 g/mol. The van der Waals surface area contributed by atoms with Gasteiger partial charge in [-0.2, -0.15) is 0 Å². The zero-order chi connectivity index (χ0) is 27.5. The smallest absolute Gasteiger partial charge is 0.331 e. The third-order valence-electron chi connectivity index (χ3n) is 11.4. The number of carbonyl (C=O) groups is 3. The Morgan fingerprint density at radius 3 is 2.38 bits per heavy atom. The summed E-state index contributed by atoms with van der Waals surface area (Å²) >= 11 is 0. The molecule has 6 nitrogen and oxygen atoms in total. The van der Waals surface area contributed by atoms with Gasteiger partial charge in [-0.05, 0) is 98.4 Å². The maximum atomic E-state index is 12.6. The number of hydrogen-bond acceptors (Lipinski definition) is 5. The van der Waals surface area contributed by atoms with Gasteiger partial charge in [0.15, 0.2) is 0 Å². The number of aliphatic carboxylic acids is 1. The number of ether oxygens (including phenoxy) is 1. The van der Waals surface area contributed by atoms with E-state index in [-0.39, 0.29) is 39.9 Å². The molecule has 9 atom stereocenters. The van der Waals surface area contributed by atoms with Gasteiger partial charge in [-0.3, -0.25) is 9.59 Å². The van der Waals surface area contributed by atoms with E-state index in [9.17, 15) is 24.6 Å². The van der Waals surface area contributed by atoms with Crippen LogP contribution in [0.2, 0.25) is 0 Å². The molecule has 2 N–H and O–H groups in total. The van der Waals surface area contributed by atoms with E-state index in [0.717, 1.165) is 24.8 Å². The van der Waals surface area contributed by atoms with Crippen LogP contribution in [0.4, 0.5) is 0 Å². The van der Waals surface area contributed by atoms with Crippen molar-refractivity contribution < 1.29 is 29.3 Å². The van der Waals surface area contributed by atoms with Gasteiger partial charge in [0.2, 0.25) is 0 Å². The van der Waals surface area contributed by atoms with Crippen molar-refractivity contribution in [3.63, 3.8) is 0 Å². The monoisotopic (exact) mass is 514 g/mol. The first-order valence-corrected chi connectivity index (χ1v) is 14.1. The Morgan fingerprint density at radius 2 is 1.78 bits per heavy atom. The molecule has 4 saturated carbocycles. The van der Waals surface area contributed by atoms with Gasteiger partial charge in [0, 0.05) is 24.8 Å². The van der Waals surface area contributed by atoms with E-state index in [0.29, 0.717) is 49.0 Å². The van der Waals surface area contributed by atoms with Gasteiger partial charge < -0.3 is 14.9 Å². The van der Waals surface area contributed by atoms with Gasteiger partial charge in [-0.15, -0.1) is 0 Å². The number of Topliss-reactive ketones (excluding diaryl/α,β-unsaturated/α-hetero) is 1. The summed E-state index contributed by atoms with van der Waals surface area (Å²) in [5.74, 6) is -0.945. The standard InChI is InChI=1S/C31H46O6/c1-17(2)9-8-10-20(28(35)36)26-22-15-24(34)27-29(5)13-12-23(33)18(3)21(29)11-14-30(27,6)31(22,7)16-25(26)37-19(4)32/h9,18,21-22,24-25,27,34H,8,10-16H2,1-7H3,(H,35,36)/b26-20-/t18-,21+,22-,24+,25-,27-,29-,30-,31-/m0/s1. The predicted molar refractivity (Wildman–Crippen MR) is 142 cm³/mol. The predicted octanol–water partition coefficient (Wildman–Crippen LogP) is 5.87. The zero-order valence-corrected chi connectivity index (χ0v) is 23.7. The fraction of sp³-hybridized carbons (Fsp3) is 0.774. The average molecular weight is 515 g/mol. The van der Waals surface area contributed by atoms with Crippen LogP contribution in [0.1, 0.15) is 99.8 Å². The Kier molecular flexibility index (Phi) is 7.33. The minimum Gasteiger partial charge on any atom is -0.478 e. The lowest BCUT2D eigenvalue weighted by atomic mass is 9.36. The molecule has 0 spiro atoms. The Morgan fingerprint density at radius 1 is 1.11 bits per heavy atom. The molecule has 0 bridgehead atoms. The van der Waals surface area contributed by atoms with Crippen molar-refractivity contribution in [3.05, 3.63) is 22.8 Å². The van der Waals surface area contributed by atoms with E-state index >= 15 is 0 Å². The van der Waals surface area contributed by atoms with Crippen molar-refractivity contribution in [3.8, 4) is 0 Å². The number of hydrogen-bond donors (Lipinski definition) is 2. The van der Waals surface area contributed by atoms with Crippen LogP contribution >= 0.6 is 0 Å². The van der Waals surface area contributed by atoms with Crippen LogP contribution in [-0.4, -0.2) is 40.1 Å². The molecule has 0 radical (unpaired) electrons. The first kappa shape index (κ1) is 28.1. The highest BCUT2D eigenvalue weighted by Crippen LogP contribution is 2.74. The Labute approximate surface area is 221 Å². The van der Waals surface area contributed by atoms with E-state index in [1.54, 1.807) is 0 Å². The van der Waals surface area contributed by atoms with Crippen molar-refractivity contribution in [2.24, 2.45) is 39.9 Å². The zero-order valence-electron chi connectivity index (χ0n) is 23.7. The minimum absolute atomic E-state index is 0.00236. The molecule has 4 aliphatic carbocycles. The maximum absolute atomic E-state index is 12.6. The average Bonchev–Trinajstić information content (AvgIpc) is 3.05. The molecule has 37 heavy (non-hydrogen) atoms. The molecule has 0 heterocycles. The van der Waals surface area contributed by atoms with Gasteiger partial charge in [0.1, 0.15) is 11.9 Å². The van der Waals surface area contributed by atoms with Crippen molar-refractivity contribution >= 4 is 17.7 Å². The number of allylic oxidation sites excluding steroid dienone is 2. The molecule has 0 aliphatic heterocycles. The van der Waals surface area contributed by atoms with Crippen LogP contribution in [0.25, 0.3) is 0 Å². The van der Waals surface area contributed by atoms with Gasteiger partial charge in [0.25, 0.3) is 0 Å². The van der Waals surface area contributed by atoms with E-state index in [1.165, 1.54) is 6.92 Å². The highest BCUT2D eigenvalue weighted by molar-refractivity contribution is 5.88. The summed E-state index contributed by atoms with van der Waals surface area (Å²) in [6.07, 6.45) is 6.01. The topological polar surface area (TPSA) is 101 Å². The molecular formula is C31H46O6. The molecule has 4 rings (SSSR count). The first-order chi connectivity index (χ1) is 17.2. The summed E-state index contributed by atoms with van der Waals surface area (Å²) in [5.41, 5.74) is 1.42. The molecule has 0 amide bonds.